The summed E-state index contributed by atoms with van der Waals surface area (Å²) < 4.78 is 13.6. The predicted octanol–water partition coefficient (Wildman–Crippen LogP) is 5.99. The molecule has 1 aliphatic heterocycles. The minimum absolute atomic E-state index is 0.140. The summed E-state index contributed by atoms with van der Waals surface area (Å²) in [6.07, 6.45) is 1.83. The first-order chi connectivity index (χ1) is 17.5. The molecule has 1 fully saturated rings. The molecule has 0 saturated carbocycles. The van der Waals surface area contributed by atoms with Gasteiger partial charge in [0, 0.05) is 34.9 Å². The number of para-hydroxylation sites is 1. The van der Waals surface area contributed by atoms with Crippen LogP contribution in [0.15, 0.2) is 72.9 Å². The topological polar surface area (TPSA) is 51.5 Å². The smallest absolute Gasteiger partial charge is 0.174 e. The van der Waals surface area contributed by atoms with E-state index in [2.05, 4.69) is 59.8 Å². The Bertz CT molecular complexity index is 1400. The van der Waals surface area contributed by atoms with Gasteiger partial charge in [-0.3, -0.25) is 4.98 Å². The van der Waals surface area contributed by atoms with Crippen LogP contribution in [-0.4, -0.2) is 28.9 Å². The van der Waals surface area contributed by atoms with Crippen molar-refractivity contribution >= 4 is 23.0 Å². The summed E-state index contributed by atoms with van der Waals surface area (Å²) in [5.74, 6) is 1.42. The van der Waals surface area contributed by atoms with Crippen LogP contribution < -0.4 is 19.7 Å². The van der Waals surface area contributed by atoms with Crippen molar-refractivity contribution in [1.82, 2.24) is 14.9 Å². The number of methoxy groups -OCH3 is 2. The zero-order valence-corrected chi connectivity index (χ0v) is 22.0. The van der Waals surface area contributed by atoms with Gasteiger partial charge in [0.25, 0.3) is 0 Å². The number of benzene rings is 2. The Hall–Kier alpha value is -3.84. The van der Waals surface area contributed by atoms with E-state index in [-0.39, 0.29) is 12.1 Å². The quantitative estimate of drug-likeness (QED) is 0.330. The van der Waals surface area contributed by atoms with Gasteiger partial charge >= 0.3 is 0 Å². The van der Waals surface area contributed by atoms with Gasteiger partial charge in [-0.15, -0.1) is 0 Å². The molecule has 1 aliphatic rings. The van der Waals surface area contributed by atoms with Crippen molar-refractivity contribution in [1.29, 1.82) is 0 Å². The molecule has 36 heavy (non-hydrogen) atoms. The molecular formula is C29H30N4O2S. The molecule has 6 nitrogen and oxygen atoms in total. The fraction of sp³-hybridized carbons (Fsp3) is 0.241. The van der Waals surface area contributed by atoms with Gasteiger partial charge < -0.3 is 24.3 Å². The lowest BCUT2D eigenvalue weighted by Gasteiger charge is -2.30. The fourth-order valence-electron chi connectivity index (χ4n) is 5.30. The third-order valence-electron chi connectivity index (χ3n) is 7.06. The SMILES string of the molecule is COc1ccc(N2C(=S)N[C@@H](c3ccccn3)[C@H]2c2c(C)c(C)n(-c3ccccc3)c2C)c(OC)c1. The Morgan fingerprint density at radius 3 is 2.31 bits per heavy atom. The number of thiocarbonyl (C=S) groups is 1. The Morgan fingerprint density at radius 2 is 1.64 bits per heavy atom. The van der Waals surface area contributed by atoms with Gasteiger partial charge in [-0.2, -0.15) is 0 Å². The van der Waals surface area contributed by atoms with E-state index in [1.165, 1.54) is 22.5 Å². The number of hydrogen-bond donors (Lipinski definition) is 1. The molecule has 0 aliphatic carbocycles. The number of ether oxygens (including phenoxy) is 2. The summed E-state index contributed by atoms with van der Waals surface area (Å²) in [6, 6.07) is 22.0. The molecule has 1 saturated heterocycles. The molecule has 0 spiro atoms. The molecule has 4 aromatic rings. The van der Waals surface area contributed by atoms with Crippen molar-refractivity contribution in [3.63, 3.8) is 0 Å². The zero-order valence-electron chi connectivity index (χ0n) is 21.1. The third-order valence-corrected chi connectivity index (χ3v) is 7.38. The summed E-state index contributed by atoms with van der Waals surface area (Å²) >= 11 is 5.96. The molecule has 2 aromatic heterocycles. The summed E-state index contributed by atoms with van der Waals surface area (Å²) in [4.78, 5) is 6.87. The fourth-order valence-corrected chi connectivity index (χ4v) is 5.64. The van der Waals surface area contributed by atoms with Crippen LogP contribution >= 0.6 is 12.2 Å². The molecule has 2 aromatic carbocycles. The molecule has 184 valence electrons. The summed E-state index contributed by atoms with van der Waals surface area (Å²) in [6.45, 7) is 6.55. The first kappa shape index (κ1) is 23.9. The standard InChI is InChI=1S/C29H30N4O2S/c1-18-19(2)32(21-11-7-6-8-12-21)20(3)26(18)28-27(23-13-9-10-16-30-23)31-29(36)33(28)24-15-14-22(34-4)17-25(24)35-5/h6-17,27-28H,1-5H3,(H,31,36)/t27-,28+/m0/s1. The Morgan fingerprint density at radius 1 is 0.889 bits per heavy atom. The molecule has 1 N–H and O–H groups in total. The lowest BCUT2D eigenvalue weighted by molar-refractivity contribution is 0.394. The van der Waals surface area contributed by atoms with E-state index < -0.39 is 0 Å². The van der Waals surface area contributed by atoms with E-state index in [9.17, 15) is 0 Å². The number of nitrogens with zero attached hydrogens (tertiary/aromatic N) is 3. The highest BCUT2D eigenvalue weighted by atomic mass is 32.1. The van der Waals surface area contributed by atoms with Crippen molar-refractivity contribution in [2.75, 3.05) is 19.1 Å². The molecule has 0 bridgehead atoms. The molecule has 3 heterocycles. The summed E-state index contributed by atoms with van der Waals surface area (Å²) in [5, 5.41) is 4.20. The summed E-state index contributed by atoms with van der Waals surface area (Å²) in [5.41, 5.74) is 7.77. The normalized spacial score (nSPS) is 17.2. The first-order valence-corrected chi connectivity index (χ1v) is 12.3. The van der Waals surface area contributed by atoms with Crippen molar-refractivity contribution in [3.8, 4) is 17.2 Å². The molecular weight excluding hydrogens is 468 g/mol. The highest BCUT2D eigenvalue weighted by molar-refractivity contribution is 7.80. The molecule has 2 atom stereocenters. The Labute approximate surface area is 217 Å². The Balaban J connectivity index is 1.74. The van der Waals surface area contributed by atoms with Crippen molar-refractivity contribution in [2.24, 2.45) is 0 Å². The van der Waals surface area contributed by atoms with Crippen molar-refractivity contribution in [2.45, 2.75) is 32.9 Å². The van der Waals surface area contributed by atoms with Gasteiger partial charge in [-0.25, -0.2) is 0 Å². The lowest BCUT2D eigenvalue weighted by atomic mass is 9.93. The third kappa shape index (κ3) is 3.89. The van der Waals surface area contributed by atoms with Crippen LogP contribution in [-0.2, 0) is 0 Å². The predicted molar refractivity (Wildman–Crippen MR) is 147 cm³/mol. The average molecular weight is 499 g/mol. The lowest BCUT2D eigenvalue weighted by Crippen LogP contribution is -2.30. The van der Waals surface area contributed by atoms with Gasteiger partial charge in [0.2, 0.25) is 0 Å². The number of aromatic nitrogens is 2. The number of hydrogen-bond acceptors (Lipinski definition) is 4. The zero-order chi connectivity index (χ0) is 25.4. The number of nitrogens with one attached hydrogen (secondary N) is 1. The van der Waals surface area contributed by atoms with Gasteiger partial charge in [0.1, 0.15) is 11.5 Å². The van der Waals surface area contributed by atoms with Crippen LogP contribution in [0.5, 0.6) is 11.5 Å². The van der Waals surface area contributed by atoms with Crippen LogP contribution in [0.4, 0.5) is 5.69 Å². The molecule has 0 unspecified atom stereocenters. The van der Waals surface area contributed by atoms with Gasteiger partial charge in [-0.05, 0) is 75.0 Å². The van der Waals surface area contributed by atoms with E-state index >= 15 is 0 Å². The van der Waals surface area contributed by atoms with E-state index in [1.807, 2.05) is 48.7 Å². The number of rotatable bonds is 6. The van der Waals surface area contributed by atoms with Crippen LogP contribution in [0.2, 0.25) is 0 Å². The van der Waals surface area contributed by atoms with E-state index in [1.54, 1.807) is 14.2 Å². The van der Waals surface area contributed by atoms with Crippen LogP contribution in [0.1, 0.15) is 40.3 Å². The van der Waals surface area contributed by atoms with Crippen molar-refractivity contribution < 1.29 is 9.47 Å². The van der Waals surface area contributed by atoms with Crippen molar-refractivity contribution in [3.05, 3.63) is 101 Å². The monoisotopic (exact) mass is 498 g/mol. The van der Waals surface area contributed by atoms with E-state index in [0.717, 1.165) is 22.8 Å². The molecule has 0 amide bonds. The minimum Gasteiger partial charge on any atom is -0.497 e. The second-order valence-corrected chi connectivity index (χ2v) is 9.30. The van der Waals surface area contributed by atoms with Crippen LogP contribution in [0.3, 0.4) is 0 Å². The van der Waals surface area contributed by atoms with Gasteiger partial charge in [0.05, 0.1) is 37.7 Å². The van der Waals surface area contributed by atoms with Crippen LogP contribution in [0, 0.1) is 20.8 Å². The maximum Gasteiger partial charge on any atom is 0.174 e. The van der Waals surface area contributed by atoms with E-state index in [0.29, 0.717) is 10.9 Å². The average Bonchev–Trinajstić information content (AvgIpc) is 3.36. The highest BCUT2D eigenvalue weighted by Crippen LogP contribution is 2.48. The number of pyridine rings is 1. The maximum absolute atomic E-state index is 5.96. The Kier molecular flexibility index (Phi) is 6.41. The summed E-state index contributed by atoms with van der Waals surface area (Å²) in [7, 11) is 3.32. The van der Waals surface area contributed by atoms with E-state index in [4.69, 9.17) is 26.7 Å². The van der Waals surface area contributed by atoms with Gasteiger partial charge in [0.15, 0.2) is 5.11 Å². The second-order valence-electron chi connectivity index (χ2n) is 8.91. The van der Waals surface area contributed by atoms with Crippen LogP contribution in [0.25, 0.3) is 5.69 Å². The molecule has 7 heteroatoms. The highest BCUT2D eigenvalue weighted by Gasteiger charge is 2.44. The largest absolute Gasteiger partial charge is 0.497 e. The maximum atomic E-state index is 5.96. The van der Waals surface area contributed by atoms with Gasteiger partial charge in [-0.1, -0.05) is 24.3 Å². The second kappa shape index (κ2) is 9.66. The minimum atomic E-state index is -0.145. The first-order valence-electron chi connectivity index (χ1n) is 11.9. The molecule has 5 rings (SSSR count). The number of anilines is 1. The molecule has 0 radical (unpaired) electrons.